The first-order valence-electron chi connectivity index (χ1n) is 7.89. The van der Waals surface area contributed by atoms with Crippen LogP contribution in [0.3, 0.4) is 0 Å². The molecule has 2 atom stereocenters. The van der Waals surface area contributed by atoms with Gasteiger partial charge in [0.1, 0.15) is 6.04 Å². The normalized spacial score (nSPS) is 25.4. The minimum absolute atomic E-state index is 0.0139. The summed E-state index contributed by atoms with van der Waals surface area (Å²) in [7, 11) is 0. The molecule has 0 spiro atoms. The average molecular weight is 296 g/mol. The first kappa shape index (κ1) is 15.9. The summed E-state index contributed by atoms with van der Waals surface area (Å²) in [5.74, 6) is -1.37. The summed E-state index contributed by atoms with van der Waals surface area (Å²) in [5, 5.41) is 12.0. The quantitative estimate of drug-likeness (QED) is 0.721. The minimum Gasteiger partial charge on any atom is -0.480 e. The van der Waals surface area contributed by atoms with Gasteiger partial charge in [0, 0.05) is 6.04 Å². The molecule has 0 aromatic rings. The van der Waals surface area contributed by atoms with Crippen LogP contribution in [-0.2, 0) is 14.4 Å². The van der Waals surface area contributed by atoms with E-state index >= 15 is 0 Å². The van der Waals surface area contributed by atoms with E-state index in [0.717, 1.165) is 32.1 Å². The van der Waals surface area contributed by atoms with Crippen LogP contribution < -0.4 is 5.32 Å². The number of carboxylic acid groups (broad SMARTS) is 1. The topological polar surface area (TPSA) is 86.7 Å². The number of imide groups is 1. The van der Waals surface area contributed by atoms with Crippen molar-refractivity contribution < 1.29 is 19.5 Å². The van der Waals surface area contributed by atoms with Crippen molar-refractivity contribution in [2.24, 2.45) is 0 Å². The van der Waals surface area contributed by atoms with Crippen molar-refractivity contribution in [3.05, 3.63) is 0 Å². The minimum atomic E-state index is -0.965. The Hall–Kier alpha value is -1.43. The lowest BCUT2D eigenvalue weighted by molar-refractivity contribution is -0.142. The number of amides is 2. The smallest absolute Gasteiger partial charge is 0.320 e. The van der Waals surface area contributed by atoms with Gasteiger partial charge in [0.05, 0.1) is 12.5 Å². The van der Waals surface area contributed by atoms with Crippen molar-refractivity contribution in [3.63, 3.8) is 0 Å². The van der Waals surface area contributed by atoms with Gasteiger partial charge in [-0.2, -0.15) is 0 Å². The van der Waals surface area contributed by atoms with Crippen LogP contribution in [0.1, 0.15) is 58.3 Å². The van der Waals surface area contributed by atoms with E-state index in [0.29, 0.717) is 12.8 Å². The number of carboxylic acids is 1. The maximum Gasteiger partial charge on any atom is 0.320 e. The highest BCUT2D eigenvalue weighted by molar-refractivity contribution is 6.06. The number of carbonyl (C=O) groups is 3. The summed E-state index contributed by atoms with van der Waals surface area (Å²) in [5.41, 5.74) is 0. The second-order valence-electron chi connectivity index (χ2n) is 6.00. The van der Waals surface area contributed by atoms with Crippen LogP contribution in [0.25, 0.3) is 0 Å². The molecule has 0 bridgehead atoms. The van der Waals surface area contributed by atoms with E-state index in [1.165, 1.54) is 4.90 Å². The molecule has 2 amide bonds. The van der Waals surface area contributed by atoms with Crippen molar-refractivity contribution in [2.45, 2.75) is 76.4 Å². The Morgan fingerprint density at radius 1 is 1.33 bits per heavy atom. The van der Waals surface area contributed by atoms with Crippen molar-refractivity contribution in [2.75, 3.05) is 0 Å². The Bertz CT molecular complexity index is 418. The first-order chi connectivity index (χ1) is 10.0. The van der Waals surface area contributed by atoms with Gasteiger partial charge in [0.2, 0.25) is 11.8 Å². The maximum atomic E-state index is 12.4. The third-order valence-corrected chi connectivity index (χ3v) is 4.40. The van der Waals surface area contributed by atoms with Crippen LogP contribution in [0.15, 0.2) is 0 Å². The summed E-state index contributed by atoms with van der Waals surface area (Å²) < 4.78 is 0. The van der Waals surface area contributed by atoms with Gasteiger partial charge in [-0.05, 0) is 19.3 Å². The highest BCUT2D eigenvalue weighted by Crippen LogP contribution is 2.27. The van der Waals surface area contributed by atoms with Crippen LogP contribution in [-0.4, -0.2) is 45.9 Å². The summed E-state index contributed by atoms with van der Waals surface area (Å²) >= 11 is 0. The fraction of sp³-hybridized carbons (Fsp3) is 0.800. The van der Waals surface area contributed by atoms with Gasteiger partial charge < -0.3 is 5.11 Å². The van der Waals surface area contributed by atoms with E-state index < -0.39 is 18.1 Å². The van der Waals surface area contributed by atoms with Crippen LogP contribution in [0.5, 0.6) is 0 Å². The van der Waals surface area contributed by atoms with Crippen molar-refractivity contribution >= 4 is 17.8 Å². The lowest BCUT2D eigenvalue weighted by atomic mass is 9.94. The second-order valence-corrected chi connectivity index (χ2v) is 6.00. The van der Waals surface area contributed by atoms with E-state index in [1.54, 1.807) is 0 Å². The molecular formula is C15H24N2O4. The fourth-order valence-electron chi connectivity index (χ4n) is 3.31. The second kappa shape index (κ2) is 7.02. The number of rotatable bonds is 6. The third kappa shape index (κ3) is 3.61. The van der Waals surface area contributed by atoms with E-state index in [-0.39, 0.29) is 24.3 Å². The van der Waals surface area contributed by atoms with E-state index in [1.807, 2.05) is 6.92 Å². The molecule has 118 valence electrons. The van der Waals surface area contributed by atoms with Crippen molar-refractivity contribution in [1.29, 1.82) is 0 Å². The first-order valence-corrected chi connectivity index (χ1v) is 7.89. The number of hydrogen-bond donors (Lipinski definition) is 2. The lowest BCUT2D eigenvalue weighted by Crippen LogP contribution is -2.49. The lowest BCUT2D eigenvalue weighted by Gasteiger charge is -2.30. The van der Waals surface area contributed by atoms with Crippen LogP contribution in [0.2, 0.25) is 0 Å². The molecule has 2 fully saturated rings. The Kier molecular flexibility index (Phi) is 5.33. The molecular weight excluding hydrogens is 272 g/mol. The SMILES string of the molecule is CCCC(NC1CC(=O)N(C2CCCCC2)C1=O)C(=O)O. The van der Waals surface area contributed by atoms with Crippen molar-refractivity contribution in [3.8, 4) is 0 Å². The fourth-order valence-corrected chi connectivity index (χ4v) is 3.31. The molecule has 0 radical (unpaired) electrons. The van der Waals surface area contributed by atoms with Crippen LogP contribution in [0, 0.1) is 0 Å². The summed E-state index contributed by atoms with van der Waals surface area (Å²) in [6, 6.07) is -1.42. The van der Waals surface area contributed by atoms with Gasteiger partial charge in [0.15, 0.2) is 0 Å². The number of aliphatic carboxylic acids is 1. The van der Waals surface area contributed by atoms with Crippen LogP contribution in [0.4, 0.5) is 0 Å². The zero-order valence-corrected chi connectivity index (χ0v) is 12.5. The summed E-state index contributed by atoms with van der Waals surface area (Å²) in [4.78, 5) is 37.1. The number of likely N-dealkylation sites (tertiary alicyclic amines) is 1. The number of nitrogens with one attached hydrogen (secondary N) is 1. The largest absolute Gasteiger partial charge is 0.480 e. The molecule has 2 unspecified atom stereocenters. The molecule has 1 saturated carbocycles. The number of carbonyl (C=O) groups excluding carboxylic acids is 2. The molecule has 0 aromatic carbocycles. The van der Waals surface area contributed by atoms with E-state index in [2.05, 4.69) is 5.32 Å². The van der Waals surface area contributed by atoms with Gasteiger partial charge in [-0.1, -0.05) is 32.6 Å². The molecule has 1 aliphatic carbocycles. The average Bonchev–Trinajstić information content (AvgIpc) is 2.74. The molecule has 1 saturated heterocycles. The molecule has 2 N–H and O–H groups in total. The molecule has 2 rings (SSSR count). The van der Waals surface area contributed by atoms with Gasteiger partial charge in [-0.25, -0.2) is 0 Å². The van der Waals surface area contributed by atoms with Gasteiger partial charge >= 0.3 is 5.97 Å². The van der Waals surface area contributed by atoms with E-state index in [4.69, 9.17) is 5.11 Å². The zero-order valence-electron chi connectivity index (χ0n) is 12.5. The highest BCUT2D eigenvalue weighted by Gasteiger charge is 2.43. The maximum absolute atomic E-state index is 12.4. The van der Waals surface area contributed by atoms with Gasteiger partial charge in [-0.3, -0.25) is 24.6 Å². The van der Waals surface area contributed by atoms with Crippen LogP contribution >= 0.6 is 0 Å². The molecule has 1 heterocycles. The zero-order chi connectivity index (χ0) is 15.4. The van der Waals surface area contributed by atoms with E-state index in [9.17, 15) is 14.4 Å². The summed E-state index contributed by atoms with van der Waals surface area (Å²) in [6.07, 6.45) is 6.26. The Balaban J connectivity index is 2.01. The Morgan fingerprint density at radius 3 is 2.57 bits per heavy atom. The van der Waals surface area contributed by atoms with Gasteiger partial charge in [-0.15, -0.1) is 0 Å². The Labute approximate surface area is 124 Å². The molecule has 0 aromatic heterocycles. The summed E-state index contributed by atoms with van der Waals surface area (Å²) in [6.45, 7) is 1.90. The van der Waals surface area contributed by atoms with Gasteiger partial charge in [0.25, 0.3) is 0 Å². The molecule has 21 heavy (non-hydrogen) atoms. The molecule has 6 nitrogen and oxygen atoms in total. The third-order valence-electron chi connectivity index (χ3n) is 4.40. The number of hydrogen-bond acceptors (Lipinski definition) is 4. The predicted molar refractivity (Wildman–Crippen MR) is 76.6 cm³/mol. The van der Waals surface area contributed by atoms with Crippen molar-refractivity contribution in [1.82, 2.24) is 10.2 Å². The highest BCUT2D eigenvalue weighted by atomic mass is 16.4. The number of nitrogens with zero attached hydrogens (tertiary/aromatic N) is 1. The Morgan fingerprint density at radius 2 is 2.00 bits per heavy atom. The molecule has 6 heteroatoms. The predicted octanol–water partition coefficient (Wildman–Crippen LogP) is 1.29. The monoisotopic (exact) mass is 296 g/mol. The molecule has 2 aliphatic rings. The standard InChI is InChI=1S/C15H24N2O4/c1-2-6-11(15(20)21)16-12-9-13(18)17(14(12)19)10-7-4-3-5-8-10/h10-12,16H,2-9H2,1H3,(H,20,21). The molecule has 1 aliphatic heterocycles.